The van der Waals surface area contributed by atoms with Gasteiger partial charge in [-0.05, 0) is 24.3 Å². The summed E-state index contributed by atoms with van der Waals surface area (Å²) in [5.74, 6) is 1.72. The Bertz CT molecular complexity index is 747. The number of thioether (sulfide) groups is 1. The maximum absolute atomic E-state index is 11.9. The summed E-state index contributed by atoms with van der Waals surface area (Å²) in [5.41, 5.74) is 2.32. The molecule has 1 fully saturated rings. The van der Waals surface area contributed by atoms with Gasteiger partial charge in [-0.1, -0.05) is 56.0 Å². The van der Waals surface area contributed by atoms with Crippen molar-refractivity contribution in [2.45, 2.75) is 50.4 Å². The van der Waals surface area contributed by atoms with E-state index in [-0.39, 0.29) is 5.91 Å². The highest BCUT2D eigenvalue weighted by Gasteiger charge is 2.23. The SMILES string of the molecule is C=CCn1c(SCC(=O)NC2CC2)nnc1-c1ccc(C(C)C)cc1. The first-order chi connectivity index (χ1) is 12.1. The number of benzene rings is 1. The van der Waals surface area contributed by atoms with E-state index in [4.69, 9.17) is 0 Å². The average Bonchev–Trinajstić information content (AvgIpc) is 3.32. The van der Waals surface area contributed by atoms with Crippen molar-refractivity contribution in [3.8, 4) is 11.4 Å². The van der Waals surface area contributed by atoms with Crippen LogP contribution in [0.1, 0.15) is 38.2 Å². The first kappa shape index (κ1) is 17.7. The molecule has 0 bridgehead atoms. The molecule has 5 nitrogen and oxygen atoms in total. The van der Waals surface area contributed by atoms with Crippen LogP contribution in [0.2, 0.25) is 0 Å². The van der Waals surface area contributed by atoms with E-state index in [1.807, 2.05) is 10.6 Å². The Morgan fingerprint density at radius 3 is 2.68 bits per heavy atom. The fraction of sp³-hybridized carbons (Fsp3) is 0.421. The topological polar surface area (TPSA) is 59.8 Å². The molecule has 1 aliphatic carbocycles. The molecule has 0 aliphatic heterocycles. The van der Waals surface area contributed by atoms with E-state index in [0.717, 1.165) is 29.4 Å². The Labute approximate surface area is 152 Å². The standard InChI is InChI=1S/C19H24N4OS/c1-4-11-23-18(15-7-5-14(6-8-15)13(2)3)21-22-19(23)25-12-17(24)20-16-9-10-16/h4-8,13,16H,1,9-12H2,2-3H3,(H,20,24). The molecular weight excluding hydrogens is 332 g/mol. The number of nitrogens with one attached hydrogen (secondary N) is 1. The first-order valence-corrected chi connectivity index (χ1v) is 9.63. The van der Waals surface area contributed by atoms with E-state index in [1.165, 1.54) is 17.3 Å². The lowest BCUT2D eigenvalue weighted by Gasteiger charge is -2.09. The molecule has 1 N–H and O–H groups in total. The van der Waals surface area contributed by atoms with Gasteiger partial charge in [-0.2, -0.15) is 0 Å². The normalized spacial score (nSPS) is 13.9. The highest BCUT2D eigenvalue weighted by atomic mass is 32.2. The lowest BCUT2D eigenvalue weighted by molar-refractivity contribution is -0.118. The minimum absolute atomic E-state index is 0.0588. The van der Waals surface area contributed by atoms with Gasteiger partial charge in [0.15, 0.2) is 11.0 Å². The predicted molar refractivity (Wildman–Crippen MR) is 102 cm³/mol. The number of allylic oxidation sites excluding steroid dienone is 1. The van der Waals surface area contributed by atoms with Crippen molar-refractivity contribution >= 4 is 17.7 Å². The quantitative estimate of drug-likeness (QED) is 0.580. The van der Waals surface area contributed by atoms with Crippen LogP contribution in [0.15, 0.2) is 42.1 Å². The Morgan fingerprint density at radius 1 is 1.36 bits per heavy atom. The minimum atomic E-state index is 0.0588. The predicted octanol–water partition coefficient (Wildman–Crippen LogP) is 3.63. The Morgan fingerprint density at radius 2 is 2.08 bits per heavy atom. The number of rotatable bonds is 8. The van der Waals surface area contributed by atoms with Crippen molar-refractivity contribution in [2.75, 3.05) is 5.75 Å². The van der Waals surface area contributed by atoms with E-state index in [2.05, 4.69) is 60.2 Å². The summed E-state index contributed by atoms with van der Waals surface area (Å²) in [6.45, 7) is 8.79. The zero-order chi connectivity index (χ0) is 17.8. The van der Waals surface area contributed by atoms with Crippen LogP contribution in [-0.2, 0) is 11.3 Å². The van der Waals surface area contributed by atoms with E-state index in [9.17, 15) is 4.79 Å². The zero-order valence-corrected chi connectivity index (χ0v) is 15.6. The molecule has 1 aliphatic rings. The van der Waals surface area contributed by atoms with Gasteiger partial charge in [0.2, 0.25) is 5.91 Å². The molecule has 1 aromatic carbocycles. The van der Waals surface area contributed by atoms with Crippen molar-refractivity contribution in [1.82, 2.24) is 20.1 Å². The largest absolute Gasteiger partial charge is 0.353 e. The number of carbonyl (C=O) groups is 1. The number of hydrogen-bond donors (Lipinski definition) is 1. The summed E-state index contributed by atoms with van der Waals surface area (Å²) in [5, 5.41) is 12.4. The summed E-state index contributed by atoms with van der Waals surface area (Å²) >= 11 is 1.42. The lowest BCUT2D eigenvalue weighted by Crippen LogP contribution is -2.27. The van der Waals surface area contributed by atoms with Gasteiger partial charge in [0.05, 0.1) is 5.75 Å². The number of nitrogens with zero attached hydrogens (tertiary/aromatic N) is 3. The molecule has 2 aromatic rings. The van der Waals surface area contributed by atoms with Crippen molar-refractivity contribution in [3.05, 3.63) is 42.5 Å². The van der Waals surface area contributed by atoms with Gasteiger partial charge in [0, 0.05) is 18.2 Å². The first-order valence-electron chi connectivity index (χ1n) is 8.65. The highest BCUT2D eigenvalue weighted by Crippen LogP contribution is 2.26. The fourth-order valence-electron chi connectivity index (χ4n) is 2.55. The lowest BCUT2D eigenvalue weighted by atomic mass is 10.0. The molecule has 0 saturated heterocycles. The fourth-order valence-corrected chi connectivity index (χ4v) is 3.31. The Hall–Kier alpha value is -2.08. The van der Waals surface area contributed by atoms with Crippen LogP contribution >= 0.6 is 11.8 Å². The third kappa shape index (κ3) is 4.51. The molecule has 25 heavy (non-hydrogen) atoms. The molecular formula is C19H24N4OS. The van der Waals surface area contributed by atoms with Gasteiger partial charge in [0.1, 0.15) is 0 Å². The molecule has 6 heteroatoms. The summed E-state index contributed by atoms with van der Waals surface area (Å²) in [6.07, 6.45) is 4.02. The van der Waals surface area contributed by atoms with Crippen LogP contribution in [-0.4, -0.2) is 32.5 Å². The molecule has 0 atom stereocenters. The second-order valence-electron chi connectivity index (χ2n) is 6.61. The summed E-state index contributed by atoms with van der Waals surface area (Å²) in [4.78, 5) is 11.9. The number of hydrogen-bond acceptors (Lipinski definition) is 4. The van der Waals surface area contributed by atoms with Crippen LogP contribution in [0.4, 0.5) is 0 Å². The van der Waals surface area contributed by atoms with Crippen LogP contribution in [0.5, 0.6) is 0 Å². The van der Waals surface area contributed by atoms with Crippen LogP contribution < -0.4 is 5.32 Å². The van der Waals surface area contributed by atoms with Gasteiger partial charge in [-0.25, -0.2) is 0 Å². The number of carbonyl (C=O) groups excluding carboxylic acids is 1. The maximum Gasteiger partial charge on any atom is 0.230 e. The van der Waals surface area contributed by atoms with Crippen molar-refractivity contribution in [2.24, 2.45) is 0 Å². The third-order valence-electron chi connectivity index (χ3n) is 4.14. The molecule has 1 heterocycles. The van der Waals surface area contributed by atoms with Gasteiger partial charge in [-0.3, -0.25) is 9.36 Å². The molecule has 1 aromatic heterocycles. The average molecular weight is 356 g/mol. The van der Waals surface area contributed by atoms with Crippen LogP contribution in [0, 0.1) is 0 Å². The highest BCUT2D eigenvalue weighted by molar-refractivity contribution is 7.99. The molecule has 1 saturated carbocycles. The molecule has 0 spiro atoms. The second-order valence-corrected chi connectivity index (χ2v) is 7.56. The Balaban J connectivity index is 1.76. The van der Waals surface area contributed by atoms with Gasteiger partial charge < -0.3 is 5.32 Å². The monoisotopic (exact) mass is 356 g/mol. The van der Waals surface area contributed by atoms with Crippen molar-refractivity contribution < 1.29 is 4.79 Å². The van der Waals surface area contributed by atoms with Crippen LogP contribution in [0.25, 0.3) is 11.4 Å². The Kier molecular flexibility index (Phi) is 5.58. The van der Waals surface area contributed by atoms with E-state index >= 15 is 0 Å². The summed E-state index contributed by atoms with van der Waals surface area (Å²) in [6, 6.07) is 8.79. The van der Waals surface area contributed by atoms with Crippen molar-refractivity contribution in [1.29, 1.82) is 0 Å². The number of aromatic nitrogens is 3. The maximum atomic E-state index is 11.9. The molecule has 0 radical (unpaired) electrons. The molecule has 0 unspecified atom stereocenters. The van der Waals surface area contributed by atoms with Crippen LogP contribution in [0.3, 0.4) is 0 Å². The third-order valence-corrected chi connectivity index (χ3v) is 5.11. The van der Waals surface area contributed by atoms with E-state index in [1.54, 1.807) is 0 Å². The number of amides is 1. The van der Waals surface area contributed by atoms with Gasteiger partial charge >= 0.3 is 0 Å². The van der Waals surface area contributed by atoms with Gasteiger partial charge in [-0.15, -0.1) is 16.8 Å². The molecule has 132 valence electrons. The molecule has 3 rings (SSSR count). The second kappa shape index (κ2) is 7.87. The summed E-state index contributed by atoms with van der Waals surface area (Å²) in [7, 11) is 0. The van der Waals surface area contributed by atoms with E-state index in [0.29, 0.717) is 24.3 Å². The molecule has 1 amide bonds. The van der Waals surface area contributed by atoms with Crippen molar-refractivity contribution in [3.63, 3.8) is 0 Å². The smallest absolute Gasteiger partial charge is 0.230 e. The summed E-state index contributed by atoms with van der Waals surface area (Å²) < 4.78 is 2.01. The minimum Gasteiger partial charge on any atom is -0.353 e. The van der Waals surface area contributed by atoms with Gasteiger partial charge in [0.25, 0.3) is 0 Å². The van der Waals surface area contributed by atoms with E-state index < -0.39 is 0 Å². The zero-order valence-electron chi connectivity index (χ0n) is 14.7.